The maximum absolute atomic E-state index is 11.8. The molecule has 2 rings (SSSR count). The lowest BCUT2D eigenvalue weighted by molar-refractivity contribution is -0.265. The number of hydrogen-bond acceptors (Lipinski definition) is 8. The third kappa shape index (κ3) is 3.31. The fourth-order valence-corrected chi connectivity index (χ4v) is 3.08. The van der Waals surface area contributed by atoms with E-state index in [1.807, 2.05) is 0 Å². The highest BCUT2D eigenvalue weighted by molar-refractivity contribution is 8.39. The molecule has 1 fully saturated rings. The van der Waals surface area contributed by atoms with Crippen LogP contribution in [-0.4, -0.2) is 40.3 Å². The van der Waals surface area contributed by atoms with Gasteiger partial charge in [0.15, 0.2) is 0 Å². The Morgan fingerprint density at radius 2 is 2.48 bits per heavy atom. The number of aliphatic hydroxyl groups excluding tert-OH is 1. The van der Waals surface area contributed by atoms with E-state index in [1.54, 1.807) is 0 Å². The summed E-state index contributed by atoms with van der Waals surface area (Å²) >= 11 is 3.71. The van der Waals surface area contributed by atoms with E-state index in [4.69, 9.17) is 19.7 Å². The van der Waals surface area contributed by atoms with Crippen LogP contribution < -0.4 is 11.4 Å². The Morgan fingerprint density at radius 1 is 1.76 bits per heavy atom. The third-order valence-corrected chi connectivity index (χ3v) is 4.01. The summed E-state index contributed by atoms with van der Waals surface area (Å²) in [5.41, 5.74) is 4.81. The Morgan fingerprint density at radius 3 is 3.00 bits per heavy atom. The number of rotatable bonds is 5. The van der Waals surface area contributed by atoms with Crippen LogP contribution in [0.25, 0.3) is 0 Å². The van der Waals surface area contributed by atoms with Gasteiger partial charge in [-0.3, -0.25) is 9.13 Å². The molecular weight excluding hydrogens is 321 g/mol. The van der Waals surface area contributed by atoms with Crippen molar-refractivity contribution >= 4 is 25.3 Å². The molecule has 1 aromatic rings. The molecule has 0 bridgehead atoms. The Bertz CT molecular complexity index is 592. The van der Waals surface area contributed by atoms with Gasteiger partial charge in [0.2, 0.25) is 13.0 Å². The first kappa shape index (κ1) is 16.5. The molecule has 3 N–H and O–H groups in total. The van der Waals surface area contributed by atoms with E-state index in [-0.39, 0.29) is 12.2 Å². The van der Waals surface area contributed by atoms with Crippen LogP contribution in [0, 0.1) is 0 Å². The number of ether oxygens (including phenoxy) is 2. The zero-order chi connectivity index (χ0) is 15.6. The molecule has 2 unspecified atom stereocenters. The summed E-state index contributed by atoms with van der Waals surface area (Å²) < 4.78 is 28.3. The van der Waals surface area contributed by atoms with Gasteiger partial charge in [0.25, 0.3) is 0 Å². The third-order valence-electron chi connectivity index (χ3n) is 3.21. The van der Waals surface area contributed by atoms with Crippen molar-refractivity contribution in [2.75, 3.05) is 19.5 Å². The second-order valence-corrected chi connectivity index (χ2v) is 6.26. The van der Waals surface area contributed by atoms with Crippen LogP contribution in [0.1, 0.15) is 12.6 Å². The monoisotopic (exact) mass is 337 g/mol. The minimum atomic E-state index is -2.58. The maximum Gasteiger partial charge on any atom is 0.351 e. The Hall–Kier alpha value is -0.900. The molecule has 9 nitrogen and oxygen atoms in total. The van der Waals surface area contributed by atoms with Crippen LogP contribution in [-0.2, 0) is 18.6 Å². The van der Waals surface area contributed by atoms with Crippen molar-refractivity contribution in [1.82, 2.24) is 9.55 Å². The quantitative estimate of drug-likeness (QED) is 0.497. The molecule has 0 saturated carbocycles. The molecular formula is C10H16N3O6PS. The van der Waals surface area contributed by atoms with E-state index in [0.717, 1.165) is 0 Å². The fourth-order valence-electron chi connectivity index (χ4n) is 2.18. The molecule has 118 valence electrons. The summed E-state index contributed by atoms with van der Waals surface area (Å²) in [6, 6.07) is 1.44. The highest BCUT2D eigenvalue weighted by atomic mass is 32.7. The SMILES string of the molecule is CO[C@]1(CO)O[C@@H](n2ccc(N)nc2=O)CC1O[PH](=O)S. The van der Waals surface area contributed by atoms with Crippen molar-refractivity contribution in [3.05, 3.63) is 22.7 Å². The molecule has 1 aliphatic rings. The van der Waals surface area contributed by atoms with Crippen LogP contribution in [0.5, 0.6) is 0 Å². The first-order valence-electron chi connectivity index (χ1n) is 6.00. The number of thiol groups is 1. The topological polar surface area (TPSA) is 126 Å². The molecule has 21 heavy (non-hydrogen) atoms. The second-order valence-electron chi connectivity index (χ2n) is 4.40. The summed E-state index contributed by atoms with van der Waals surface area (Å²) in [5, 5.41) is 9.51. The van der Waals surface area contributed by atoms with Gasteiger partial charge in [0.1, 0.15) is 18.1 Å². The predicted molar refractivity (Wildman–Crippen MR) is 77.3 cm³/mol. The number of nitrogen functional groups attached to an aromatic ring is 1. The number of anilines is 1. The van der Waals surface area contributed by atoms with Gasteiger partial charge < -0.3 is 24.8 Å². The molecule has 1 aliphatic heterocycles. The molecule has 4 atom stereocenters. The fraction of sp³-hybridized carbons (Fsp3) is 0.600. The first-order valence-corrected chi connectivity index (χ1v) is 8.60. The van der Waals surface area contributed by atoms with Crippen LogP contribution in [0.4, 0.5) is 5.82 Å². The van der Waals surface area contributed by atoms with E-state index >= 15 is 0 Å². The van der Waals surface area contributed by atoms with E-state index in [9.17, 15) is 14.5 Å². The maximum atomic E-state index is 11.8. The number of nitrogens with two attached hydrogens (primary N) is 1. The Kier molecular flexibility index (Phi) is 5.07. The number of aromatic nitrogens is 2. The smallest absolute Gasteiger partial charge is 0.351 e. The number of hydrogen-bond donors (Lipinski definition) is 3. The molecule has 0 spiro atoms. The van der Waals surface area contributed by atoms with E-state index in [0.29, 0.717) is 0 Å². The highest BCUT2D eigenvalue weighted by Crippen LogP contribution is 2.43. The van der Waals surface area contributed by atoms with Crippen LogP contribution >= 0.6 is 19.5 Å². The van der Waals surface area contributed by atoms with Gasteiger partial charge in [0.05, 0.1) is 6.61 Å². The van der Waals surface area contributed by atoms with Crippen molar-refractivity contribution in [3.8, 4) is 0 Å². The summed E-state index contributed by atoms with van der Waals surface area (Å²) in [4.78, 5) is 15.4. The average molecular weight is 337 g/mol. The van der Waals surface area contributed by atoms with Gasteiger partial charge >= 0.3 is 5.69 Å². The number of aliphatic hydroxyl groups is 1. The van der Waals surface area contributed by atoms with Crippen molar-refractivity contribution in [3.63, 3.8) is 0 Å². The van der Waals surface area contributed by atoms with Crippen molar-refractivity contribution < 1.29 is 23.7 Å². The summed E-state index contributed by atoms with van der Waals surface area (Å²) in [5.74, 6) is -1.43. The van der Waals surface area contributed by atoms with Crippen LogP contribution in [0.15, 0.2) is 17.1 Å². The van der Waals surface area contributed by atoms with Gasteiger partial charge in [-0.05, 0) is 6.07 Å². The van der Waals surface area contributed by atoms with E-state index in [2.05, 4.69) is 17.2 Å². The van der Waals surface area contributed by atoms with Gasteiger partial charge in [-0.25, -0.2) is 4.79 Å². The van der Waals surface area contributed by atoms with Crippen molar-refractivity contribution in [2.45, 2.75) is 24.5 Å². The van der Waals surface area contributed by atoms with Crippen LogP contribution in [0.3, 0.4) is 0 Å². The van der Waals surface area contributed by atoms with Gasteiger partial charge in [0, 0.05) is 19.7 Å². The molecule has 0 aliphatic carbocycles. The molecule has 1 aromatic heterocycles. The predicted octanol–water partition coefficient (Wildman–Crippen LogP) is -0.216. The first-order chi connectivity index (χ1) is 9.91. The average Bonchev–Trinajstić information content (AvgIpc) is 2.77. The lowest BCUT2D eigenvalue weighted by Crippen LogP contribution is -2.45. The Labute approximate surface area is 126 Å². The van der Waals surface area contributed by atoms with Gasteiger partial charge in [-0.2, -0.15) is 4.98 Å². The minimum absolute atomic E-state index is 0.0858. The molecule has 0 amide bonds. The molecule has 1 saturated heterocycles. The Balaban J connectivity index is 2.32. The molecule has 11 heteroatoms. The summed E-state index contributed by atoms with van der Waals surface area (Å²) in [7, 11) is -1.26. The summed E-state index contributed by atoms with van der Waals surface area (Å²) in [6.45, 7) is -0.537. The zero-order valence-electron chi connectivity index (χ0n) is 11.1. The summed E-state index contributed by atoms with van der Waals surface area (Å²) in [6.07, 6.45) is -0.0842. The molecule has 0 aromatic carbocycles. The number of nitrogens with zero attached hydrogens (tertiary/aromatic N) is 2. The lowest BCUT2D eigenvalue weighted by Gasteiger charge is -2.30. The van der Waals surface area contributed by atoms with Crippen LogP contribution in [0.2, 0.25) is 0 Å². The second kappa shape index (κ2) is 6.47. The van der Waals surface area contributed by atoms with Gasteiger partial charge in [-0.15, -0.1) is 0 Å². The zero-order valence-corrected chi connectivity index (χ0v) is 13.0. The normalized spacial score (nSPS) is 30.4. The lowest BCUT2D eigenvalue weighted by atomic mass is 10.1. The number of methoxy groups -OCH3 is 1. The van der Waals surface area contributed by atoms with Crippen molar-refractivity contribution in [2.24, 2.45) is 0 Å². The largest absolute Gasteiger partial charge is 0.391 e. The van der Waals surface area contributed by atoms with Gasteiger partial charge in [-0.1, -0.05) is 12.2 Å². The standard InChI is InChI=1S/C10H16N3O6PS/c1-17-10(5-14)6(19-20(16)21)4-8(18-10)13-3-2-7(11)12-9(13)15/h2-3,6,8,14,20H,4-5H2,1H3,(H,16,21)(H2,11,12,15)/t6?,8-,10-/m1/s1. The highest BCUT2D eigenvalue weighted by Gasteiger charge is 2.51. The molecule has 0 radical (unpaired) electrons. The molecule has 2 heterocycles. The van der Waals surface area contributed by atoms with E-state index in [1.165, 1.54) is 23.9 Å². The van der Waals surface area contributed by atoms with Crippen molar-refractivity contribution in [1.29, 1.82) is 0 Å². The van der Waals surface area contributed by atoms with E-state index < -0.39 is 37.6 Å². The minimum Gasteiger partial charge on any atom is -0.391 e.